The van der Waals surface area contributed by atoms with E-state index in [1.807, 2.05) is 48.5 Å². The fourth-order valence-corrected chi connectivity index (χ4v) is 8.38. The summed E-state index contributed by atoms with van der Waals surface area (Å²) in [5, 5.41) is 0. The molecular formula is C38H42N2O6. The molecule has 1 saturated heterocycles. The van der Waals surface area contributed by atoms with Gasteiger partial charge in [0.1, 0.15) is 34.1 Å². The Bertz CT molecular complexity index is 1500. The third-order valence-electron chi connectivity index (χ3n) is 10.3. The van der Waals surface area contributed by atoms with Crippen LogP contribution in [-0.2, 0) is 33.8 Å². The highest BCUT2D eigenvalue weighted by atomic mass is 16.7. The second-order valence-corrected chi connectivity index (χ2v) is 12.4. The van der Waals surface area contributed by atoms with Crippen molar-refractivity contribution in [3.8, 4) is 23.0 Å². The zero-order valence-corrected chi connectivity index (χ0v) is 26.9. The van der Waals surface area contributed by atoms with Gasteiger partial charge in [-0.3, -0.25) is 0 Å². The Kier molecular flexibility index (Phi) is 8.15. The van der Waals surface area contributed by atoms with Crippen LogP contribution in [-0.4, -0.2) is 34.2 Å². The van der Waals surface area contributed by atoms with E-state index in [-0.39, 0.29) is 11.8 Å². The molecule has 2 bridgehead atoms. The average molecular weight is 623 g/mol. The molecule has 4 unspecified atom stereocenters. The van der Waals surface area contributed by atoms with Crippen molar-refractivity contribution in [1.29, 1.82) is 0 Å². The van der Waals surface area contributed by atoms with Crippen molar-refractivity contribution in [2.75, 3.05) is 28.4 Å². The Hall–Kier alpha value is -4.08. The molecule has 4 aromatic rings. The third kappa shape index (κ3) is 4.58. The van der Waals surface area contributed by atoms with Crippen LogP contribution >= 0.6 is 0 Å². The number of benzene rings is 4. The zero-order chi connectivity index (χ0) is 31.8. The highest BCUT2D eigenvalue weighted by Crippen LogP contribution is 2.72. The molecule has 8 heteroatoms. The molecular weight excluding hydrogens is 580 g/mol. The van der Waals surface area contributed by atoms with Gasteiger partial charge in [0.05, 0.1) is 41.7 Å². The van der Waals surface area contributed by atoms with Gasteiger partial charge in [-0.1, -0.05) is 67.1 Å². The summed E-state index contributed by atoms with van der Waals surface area (Å²) in [6, 6.07) is 32.7. The number of hydrogen-bond donors (Lipinski definition) is 2. The molecule has 1 heterocycles. The van der Waals surface area contributed by atoms with Crippen molar-refractivity contribution in [1.82, 2.24) is 10.9 Å². The number of methoxy groups -OCH3 is 4. The van der Waals surface area contributed by atoms with Crippen LogP contribution < -0.4 is 29.8 Å². The van der Waals surface area contributed by atoms with Gasteiger partial charge in [-0.25, -0.2) is 10.9 Å². The van der Waals surface area contributed by atoms with E-state index in [1.165, 1.54) is 0 Å². The molecule has 4 aromatic carbocycles. The number of hydrazine groups is 1. The van der Waals surface area contributed by atoms with Crippen molar-refractivity contribution in [2.24, 2.45) is 11.8 Å². The van der Waals surface area contributed by atoms with Crippen LogP contribution in [0, 0.1) is 11.8 Å². The summed E-state index contributed by atoms with van der Waals surface area (Å²) in [4.78, 5) is 0. The summed E-state index contributed by atoms with van der Waals surface area (Å²) in [6.45, 7) is 0.675. The lowest BCUT2D eigenvalue weighted by molar-refractivity contribution is -0.300. The Balaban J connectivity index is 1.52. The molecule has 4 atom stereocenters. The van der Waals surface area contributed by atoms with Gasteiger partial charge in [-0.2, -0.15) is 0 Å². The molecule has 7 rings (SSSR count). The van der Waals surface area contributed by atoms with E-state index in [2.05, 4.69) is 59.4 Å². The van der Waals surface area contributed by atoms with Gasteiger partial charge in [0.25, 0.3) is 0 Å². The van der Waals surface area contributed by atoms with Gasteiger partial charge in [0.2, 0.25) is 5.79 Å². The second-order valence-electron chi connectivity index (χ2n) is 12.4. The first kappa shape index (κ1) is 30.6. The normalized spacial score (nSPS) is 25.7. The molecule has 2 aliphatic carbocycles. The molecule has 1 aliphatic heterocycles. The molecule has 0 aromatic heterocycles. The number of fused-ring (bicyclic) bond motifs is 5. The molecule has 240 valence electrons. The minimum atomic E-state index is -1.25. The summed E-state index contributed by atoms with van der Waals surface area (Å²) in [5.74, 6) is 1.85. The molecule has 46 heavy (non-hydrogen) atoms. The standard InChI is InChI=1S/C38H42N2O6/c1-41-30-18-28(19-31(22-30)42-2)36-34-16-11-17-35(34)37(40-39-36,29-20-32(43-3)23-33(21-29)44-4)38(36,45-24-26-12-7-5-8-13-26)46-25-27-14-9-6-10-15-27/h5-10,12-15,18-23,34-35,39-40H,11,16-17,24-25H2,1-4H3. The minimum absolute atomic E-state index is 0.148. The summed E-state index contributed by atoms with van der Waals surface area (Å²) >= 11 is 0. The van der Waals surface area contributed by atoms with E-state index in [4.69, 9.17) is 28.4 Å². The van der Waals surface area contributed by atoms with Gasteiger partial charge in [-0.05, 0) is 71.2 Å². The summed E-state index contributed by atoms with van der Waals surface area (Å²) in [6.07, 6.45) is 3.07. The lowest BCUT2D eigenvalue weighted by atomic mass is 9.74. The van der Waals surface area contributed by atoms with Crippen molar-refractivity contribution < 1.29 is 28.4 Å². The third-order valence-corrected chi connectivity index (χ3v) is 10.3. The predicted molar refractivity (Wildman–Crippen MR) is 175 cm³/mol. The van der Waals surface area contributed by atoms with Gasteiger partial charge in [-0.15, -0.1) is 0 Å². The first-order valence-electron chi connectivity index (χ1n) is 15.9. The van der Waals surface area contributed by atoms with E-state index in [9.17, 15) is 0 Å². The summed E-state index contributed by atoms with van der Waals surface area (Å²) in [7, 11) is 6.73. The lowest BCUT2D eigenvalue weighted by Gasteiger charge is -2.47. The Morgan fingerprint density at radius 1 is 0.543 bits per heavy atom. The van der Waals surface area contributed by atoms with E-state index in [1.54, 1.807) is 28.4 Å². The van der Waals surface area contributed by atoms with Gasteiger partial charge in [0.15, 0.2) is 0 Å². The maximum absolute atomic E-state index is 7.42. The minimum Gasteiger partial charge on any atom is -0.497 e. The number of nitrogens with one attached hydrogen (secondary N) is 2. The topological polar surface area (TPSA) is 79.4 Å². The Morgan fingerprint density at radius 2 is 0.913 bits per heavy atom. The molecule has 2 N–H and O–H groups in total. The molecule has 3 aliphatic rings. The fourth-order valence-electron chi connectivity index (χ4n) is 8.38. The van der Waals surface area contributed by atoms with E-state index in [0.29, 0.717) is 36.2 Å². The van der Waals surface area contributed by atoms with Crippen LogP contribution in [0.3, 0.4) is 0 Å². The highest BCUT2D eigenvalue weighted by molar-refractivity contribution is 5.53. The molecule has 3 fully saturated rings. The molecule has 0 spiro atoms. The SMILES string of the molecule is COc1cc(OC)cc(C23NNC(c4cc(OC)cc(OC)c4)(C4CCCC42)C3(OCc2ccccc2)OCc2ccccc2)c1. The smallest absolute Gasteiger partial charge is 0.217 e. The van der Waals surface area contributed by atoms with Gasteiger partial charge < -0.3 is 28.4 Å². The van der Waals surface area contributed by atoms with Crippen LogP contribution in [0.5, 0.6) is 23.0 Å². The first-order chi connectivity index (χ1) is 22.5. The maximum atomic E-state index is 7.42. The van der Waals surface area contributed by atoms with Crippen molar-refractivity contribution in [2.45, 2.75) is 49.3 Å². The average Bonchev–Trinajstić information content (AvgIpc) is 3.78. The molecule has 0 amide bonds. The molecule has 2 saturated carbocycles. The highest BCUT2D eigenvalue weighted by Gasteiger charge is 2.84. The van der Waals surface area contributed by atoms with E-state index in [0.717, 1.165) is 41.5 Å². The predicted octanol–water partition coefficient (Wildman–Crippen LogP) is 6.48. The van der Waals surface area contributed by atoms with Crippen LogP contribution in [0.2, 0.25) is 0 Å². The van der Waals surface area contributed by atoms with E-state index >= 15 is 0 Å². The number of ether oxygens (including phenoxy) is 6. The summed E-state index contributed by atoms with van der Waals surface area (Å²) in [5.41, 5.74) is 10.1. The Morgan fingerprint density at radius 3 is 1.26 bits per heavy atom. The van der Waals surface area contributed by atoms with Crippen LogP contribution in [0.1, 0.15) is 41.5 Å². The van der Waals surface area contributed by atoms with Crippen LogP contribution in [0.15, 0.2) is 97.1 Å². The van der Waals surface area contributed by atoms with Crippen molar-refractivity contribution in [3.05, 3.63) is 119 Å². The monoisotopic (exact) mass is 622 g/mol. The zero-order valence-electron chi connectivity index (χ0n) is 26.9. The van der Waals surface area contributed by atoms with Crippen molar-refractivity contribution >= 4 is 0 Å². The first-order valence-corrected chi connectivity index (χ1v) is 15.9. The maximum Gasteiger partial charge on any atom is 0.217 e. The van der Waals surface area contributed by atoms with Gasteiger partial charge >= 0.3 is 0 Å². The quantitative estimate of drug-likeness (QED) is 0.174. The van der Waals surface area contributed by atoms with Crippen LogP contribution in [0.4, 0.5) is 0 Å². The number of hydrogen-bond acceptors (Lipinski definition) is 8. The molecule has 8 nitrogen and oxygen atoms in total. The lowest BCUT2D eigenvalue weighted by Crippen LogP contribution is -2.61. The van der Waals surface area contributed by atoms with Crippen LogP contribution in [0.25, 0.3) is 0 Å². The Labute approximate surface area is 270 Å². The summed E-state index contributed by atoms with van der Waals surface area (Å²) < 4.78 is 38.1. The second kappa shape index (κ2) is 12.3. The van der Waals surface area contributed by atoms with E-state index < -0.39 is 16.9 Å². The largest absolute Gasteiger partial charge is 0.497 e. The van der Waals surface area contributed by atoms with Crippen molar-refractivity contribution in [3.63, 3.8) is 0 Å². The fraction of sp³-hybridized carbons (Fsp3) is 0.368. The number of rotatable bonds is 12. The molecule has 0 radical (unpaired) electrons. The van der Waals surface area contributed by atoms with Gasteiger partial charge in [0, 0.05) is 12.1 Å².